The van der Waals surface area contributed by atoms with E-state index in [1.54, 1.807) is 0 Å². The Morgan fingerprint density at radius 2 is 0.649 bits per heavy atom. The molecule has 2 heteroatoms. The third-order valence-corrected chi connectivity index (χ3v) is 8.35. The highest BCUT2D eigenvalue weighted by Gasteiger charge is 2.05. The lowest BCUT2D eigenvalue weighted by molar-refractivity contribution is -0.697. The largest absolute Gasteiger partial charge is 0.205 e. The molecule has 2 aromatic heterocycles. The van der Waals surface area contributed by atoms with Crippen LogP contribution in [0.5, 0.6) is 0 Å². The van der Waals surface area contributed by atoms with Crippen LogP contribution in [0.2, 0.25) is 0 Å². The lowest BCUT2D eigenvalue weighted by atomic mass is 10.0. The molecule has 0 amide bonds. The Labute approximate surface area is 229 Å². The fraction of sp³-hybridized carbons (Fsp3) is 0.714. The predicted octanol–water partition coefficient (Wildman–Crippen LogP) is 9.25. The lowest BCUT2D eigenvalue weighted by Crippen LogP contribution is -2.33. The van der Waals surface area contributed by atoms with Crippen molar-refractivity contribution in [3.05, 3.63) is 60.2 Å². The van der Waals surface area contributed by atoms with E-state index in [1.165, 1.54) is 172 Å². The predicted molar refractivity (Wildman–Crippen MR) is 158 cm³/mol. The van der Waals surface area contributed by atoms with Gasteiger partial charge in [0.25, 0.3) is 0 Å². The van der Waals surface area contributed by atoms with Gasteiger partial charge >= 0.3 is 0 Å². The van der Waals surface area contributed by atoms with Crippen LogP contribution in [0.1, 0.15) is 146 Å². The molecule has 0 radical (unpaired) electrons. The van der Waals surface area contributed by atoms with Crippen LogP contribution in [-0.2, 0) is 25.9 Å². The summed E-state index contributed by atoms with van der Waals surface area (Å²) >= 11 is 0. The molecule has 0 saturated carbocycles. The van der Waals surface area contributed by atoms with Crippen LogP contribution in [-0.4, -0.2) is 0 Å². The van der Waals surface area contributed by atoms with Gasteiger partial charge in [0.2, 0.25) is 0 Å². The minimum Gasteiger partial charge on any atom is -0.205 e. The maximum atomic E-state index is 2.44. The minimum absolute atomic E-state index is 1.19. The SMILES string of the molecule is c1cc2c[n+](c1)CCCCCCCCCCCCCCc1ccc[n+](c1)CCCCCCCCCCC2. The Kier molecular flexibility index (Phi) is 16.4. The van der Waals surface area contributed by atoms with Gasteiger partial charge in [-0.05, 0) is 50.7 Å². The Hall–Kier alpha value is -1.70. The van der Waals surface area contributed by atoms with Crippen molar-refractivity contribution < 1.29 is 9.13 Å². The molecule has 206 valence electrons. The first kappa shape index (κ1) is 29.9. The van der Waals surface area contributed by atoms with Gasteiger partial charge < -0.3 is 0 Å². The van der Waals surface area contributed by atoms with Crippen molar-refractivity contribution in [3.8, 4) is 0 Å². The van der Waals surface area contributed by atoms with Gasteiger partial charge in [0, 0.05) is 36.1 Å². The highest BCUT2D eigenvalue weighted by molar-refractivity contribution is 5.05. The maximum Gasteiger partial charge on any atom is 0.171 e. The normalized spacial score (nSPS) is 19.9. The Morgan fingerprint density at radius 3 is 1.00 bits per heavy atom. The van der Waals surface area contributed by atoms with E-state index in [0.29, 0.717) is 0 Å². The van der Waals surface area contributed by atoms with Gasteiger partial charge in [-0.15, -0.1) is 0 Å². The topological polar surface area (TPSA) is 7.76 Å². The molecular formula is C35H58N2+2. The average molecular weight is 507 g/mol. The van der Waals surface area contributed by atoms with E-state index in [9.17, 15) is 0 Å². The third kappa shape index (κ3) is 14.7. The molecule has 0 atom stereocenters. The molecule has 0 spiro atoms. The van der Waals surface area contributed by atoms with Crippen molar-refractivity contribution in [2.45, 2.75) is 161 Å². The first-order valence-electron chi connectivity index (χ1n) is 16.4. The zero-order valence-electron chi connectivity index (χ0n) is 24.2. The minimum atomic E-state index is 1.19. The molecule has 3 rings (SSSR count). The van der Waals surface area contributed by atoms with Crippen LogP contribution >= 0.6 is 0 Å². The first-order valence-corrected chi connectivity index (χ1v) is 16.4. The first-order chi connectivity index (χ1) is 18.4. The summed E-state index contributed by atoms with van der Waals surface area (Å²) in [5, 5.41) is 0. The third-order valence-electron chi connectivity index (χ3n) is 8.35. The number of nitrogens with zero attached hydrogens (tertiary/aromatic N) is 2. The van der Waals surface area contributed by atoms with Gasteiger partial charge in [0.05, 0.1) is 0 Å². The zero-order chi connectivity index (χ0) is 25.6. The standard InChI is InChI=1S/C35H58N2/c1-2-4-8-12-16-20-28-36-30-23-27-35(33-36)25-19-15-11-7-5-9-13-17-21-29-37-31-22-26-34(32-37)24-18-14-10-6-3-1/h22-23,26-27,30-33H,1-21,24-25,28-29H2/q+2. The van der Waals surface area contributed by atoms with E-state index >= 15 is 0 Å². The summed E-state index contributed by atoms with van der Waals surface area (Å²) in [7, 11) is 0. The fourth-order valence-electron chi connectivity index (χ4n) is 5.98. The second-order valence-corrected chi connectivity index (χ2v) is 11.8. The van der Waals surface area contributed by atoms with E-state index in [1.807, 2.05) is 0 Å². The number of aromatic nitrogens is 2. The highest BCUT2D eigenvalue weighted by Crippen LogP contribution is 2.14. The summed E-state index contributed by atoms with van der Waals surface area (Å²) in [5.41, 5.74) is 3.06. The fourth-order valence-corrected chi connectivity index (χ4v) is 5.98. The molecule has 3 heterocycles. The second kappa shape index (κ2) is 20.3. The van der Waals surface area contributed by atoms with Crippen molar-refractivity contribution in [2.24, 2.45) is 0 Å². The maximum absolute atomic E-state index is 2.44. The van der Waals surface area contributed by atoms with Gasteiger partial charge in [-0.2, -0.15) is 0 Å². The van der Waals surface area contributed by atoms with E-state index in [-0.39, 0.29) is 0 Å². The summed E-state index contributed by atoms with van der Waals surface area (Å²) in [6, 6.07) is 9.18. The van der Waals surface area contributed by atoms with Gasteiger partial charge in [-0.3, -0.25) is 0 Å². The van der Waals surface area contributed by atoms with Gasteiger partial charge in [-0.25, -0.2) is 9.13 Å². The summed E-state index contributed by atoms with van der Waals surface area (Å²) in [5.74, 6) is 0. The van der Waals surface area contributed by atoms with Crippen LogP contribution in [0.3, 0.4) is 0 Å². The molecular weight excluding hydrogens is 448 g/mol. The molecule has 0 aliphatic carbocycles. The van der Waals surface area contributed by atoms with Crippen LogP contribution in [0.25, 0.3) is 0 Å². The Bertz CT molecular complexity index is 747. The van der Waals surface area contributed by atoms with E-state index in [4.69, 9.17) is 0 Å². The summed E-state index contributed by atoms with van der Waals surface area (Å²) in [6.07, 6.45) is 41.3. The summed E-state index contributed by atoms with van der Waals surface area (Å²) in [4.78, 5) is 0. The number of rotatable bonds is 0. The van der Waals surface area contributed by atoms with Crippen molar-refractivity contribution >= 4 is 0 Å². The average Bonchev–Trinajstić information content (AvgIpc) is 2.92. The molecule has 0 N–H and O–H groups in total. The van der Waals surface area contributed by atoms with Crippen molar-refractivity contribution in [2.75, 3.05) is 0 Å². The zero-order valence-corrected chi connectivity index (χ0v) is 24.2. The van der Waals surface area contributed by atoms with Crippen molar-refractivity contribution in [3.63, 3.8) is 0 Å². The smallest absolute Gasteiger partial charge is 0.171 e. The summed E-state index contributed by atoms with van der Waals surface area (Å²) in [6.45, 7) is 2.38. The van der Waals surface area contributed by atoms with Gasteiger partial charge in [0.1, 0.15) is 13.1 Å². The van der Waals surface area contributed by atoms with Crippen molar-refractivity contribution in [1.29, 1.82) is 0 Å². The molecule has 0 fully saturated rings. The van der Waals surface area contributed by atoms with E-state index < -0.39 is 0 Å². The van der Waals surface area contributed by atoms with Crippen LogP contribution in [0.15, 0.2) is 49.1 Å². The second-order valence-electron chi connectivity index (χ2n) is 11.8. The lowest BCUT2D eigenvalue weighted by Gasteiger charge is -2.04. The number of aryl methyl sites for hydroxylation is 4. The van der Waals surface area contributed by atoms with E-state index in [2.05, 4.69) is 58.2 Å². The number of pyridine rings is 2. The number of hydrogen-bond donors (Lipinski definition) is 0. The van der Waals surface area contributed by atoms with Crippen LogP contribution in [0.4, 0.5) is 0 Å². The van der Waals surface area contributed by atoms with E-state index in [0.717, 1.165) is 0 Å². The highest BCUT2D eigenvalue weighted by atomic mass is 14.9. The molecule has 4 bridgehead atoms. The van der Waals surface area contributed by atoms with Crippen LogP contribution < -0.4 is 9.13 Å². The quantitative estimate of drug-likeness (QED) is 0.315. The monoisotopic (exact) mass is 506 g/mol. The molecule has 0 aromatic carbocycles. The molecule has 37 heavy (non-hydrogen) atoms. The summed E-state index contributed by atoms with van der Waals surface area (Å²) < 4.78 is 4.87. The molecule has 1 aliphatic rings. The van der Waals surface area contributed by atoms with Crippen molar-refractivity contribution in [1.82, 2.24) is 0 Å². The van der Waals surface area contributed by atoms with Gasteiger partial charge in [0.15, 0.2) is 24.8 Å². The number of hydrogen-bond acceptors (Lipinski definition) is 0. The Morgan fingerprint density at radius 1 is 0.351 bits per heavy atom. The molecule has 0 unspecified atom stereocenters. The van der Waals surface area contributed by atoms with Gasteiger partial charge in [-0.1, -0.05) is 96.3 Å². The molecule has 0 saturated heterocycles. The number of fused-ring (bicyclic) bond motifs is 4. The molecule has 2 nitrogen and oxygen atoms in total. The Balaban J connectivity index is 1.36. The van der Waals surface area contributed by atoms with Crippen LogP contribution in [0, 0.1) is 0 Å². The molecule has 1 aliphatic heterocycles. The molecule has 2 aromatic rings.